The molecule has 0 radical (unpaired) electrons. The van der Waals surface area contributed by atoms with Crippen molar-refractivity contribution in [2.24, 2.45) is 0 Å². The van der Waals surface area contributed by atoms with Crippen LogP contribution in [0.2, 0.25) is 0 Å². The van der Waals surface area contributed by atoms with Crippen molar-refractivity contribution in [1.82, 2.24) is 0 Å². The van der Waals surface area contributed by atoms with Gasteiger partial charge in [-0.25, -0.2) is 0 Å². The first-order valence-corrected chi connectivity index (χ1v) is 6.22. The van der Waals surface area contributed by atoms with E-state index < -0.39 is 6.29 Å². The lowest BCUT2D eigenvalue weighted by atomic mass is 10.1. The Labute approximate surface area is 115 Å². The van der Waals surface area contributed by atoms with Crippen LogP contribution in [0.3, 0.4) is 0 Å². The molecule has 0 bridgehead atoms. The second-order valence-electron chi connectivity index (χ2n) is 4.61. The van der Waals surface area contributed by atoms with Crippen LogP contribution < -0.4 is 14.8 Å². The summed E-state index contributed by atoms with van der Waals surface area (Å²) in [4.78, 5) is 0. The van der Waals surface area contributed by atoms with Crippen molar-refractivity contribution >= 4 is 5.69 Å². The zero-order chi connectivity index (χ0) is 14.2. The molecule has 0 unspecified atom stereocenters. The molecule has 0 aromatic heterocycles. The molecule has 1 aliphatic heterocycles. The lowest BCUT2D eigenvalue weighted by Gasteiger charge is -2.09. The number of halogens is 2. The molecule has 20 heavy (non-hydrogen) atoms. The average Bonchev–Trinajstić information content (AvgIpc) is 2.71. The minimum absolute atomic E-state index is 0.0461. The van der Waals surface area contributed by atoms with Gasteiger partial charge in [0, 0.05) is 18.3 Å². The fourth-order valence-corrected chi connectivity index (χ4v) is 2.06. The van der Waals surface area contributed by atoms with Gasteiger partial charge in [-0.3, -0.25) is 0 Å². The first-order chi connectivity index (χ1) is 9.53. The standard InChI is InChI=1S/C15H13F2NO2/c1-10-4-2-3-5-11(10)9-18-12-6-7-13-14(8-12)20-15(16,17)19-13/h2-8,18H,9H2,1H3. The largest absolute Gasteiger partial charge is 0.586 e. The van der Waals surface area contributed by atoms with Crippen molar-refractivity contribution in [3.8, 4) is 11.5 Å². The SMILES string of the molecule is Cc1ccccc1CNc1ccc2c(c1)OC(F)(F)O2. The molecule has 3 rings (SSSR count). The first-order valence-electron chi connectivity index (χ1n) is 6.22. The highest BCUT2D eigenvalue weighted by Gasteiger charge is 2.43. The molecule has 2 aromatic rings. The zero-order valence-corrected chi connectivity index (χ0v) is 10.8. The summed E-state index contributed by atoms with van der Waals surface area (Å²) >= 11 is 0. The maximum absolute atomic E-state index is 12.9. The van der Waals surface area contributed by atoms with Crippen LogP contribution >= 0.6 is 0 Å². The molecule has 0 saturated carbocycles. The summed E-state index contributed by atoms with van der Waals surface area (Å²) in [5, 5.41) is 3.18. The Morgan fingerprint density at radius 3 is 2.60 bits per heavy atom. The second-order valence-corrected chi connectivity index (χ2v) is 4.61. The van der Waals surface area contributed by atoms with Crippen LogP contribution in [0.4, 0.5) is 14.5 Å². The average molecular weight is 277 g/mol. The summed E-state index contributed by atoms with van der Waals surface area (Å²) in [7, 11) is 0. The summed E-state index contributed by atoms with van der Waals surface area (Å²) in [6.07, 6.45) is -3.57. The van der Waals surface area contributed by atoms with Crippen LogP contribution in [0.5, 0.6) is 11.5 Å². The smallest absolute Gasteiger partial charge is 0.395 e. The molecule has 104 valence electrons. The van der Waals surface area contributed by atoms with Gasteiger partial charge in [-0.05, 0) is 30.2 Å². The van der Waals surface area contributed by atoms with E-state index in [2.05, 4.69) is 14.8 Å². The molecule has 5 heteroatoms. The van der Waals surface area contributed by atoms with Gasteiger partial charge in [0.15, 0.2) is 11.5 Å². The van der Waals surface area contributed by atoms with Crippen molar-refractivity contribution in [1.29, 1.82) is 0 Å². The molecule has 0 amide bonds. The predicted molar refractivity (Wildman–Crippen MR) is 71.2 cm³/mol. The summed E-state index contributed by atoms with van der Waals surface area (Å²) in [6.45, 7) is 2.64. The van der Waals surface area contributed by atoms with Crippen LogP contribution in [0.1, 0.15) is 11.1 Å². The maximum Gasteiger partial charge on any atom is 0.586 e. The highest BCUT2D eigenvalue weighted by Crippen LogP contribution is 2.42. The number of hydrogen-bond donors (Lipinski definition) is 1. The van der Waals surface area contributed by atoms with Crippen LogP contribution in [0.15, 0.2) is 42.5 Å². The third-order valence-corrected chi connectivity index (χ3v) is 3.15. The minimum atomic E-state index is -3.57. The van der Waals surface area contributed by atoms with Gasteiger partial charge >= 0.3 is 6.29 Å². The molecule has 0 aliphatic carbocycles. The number of aryl methyl sites for hydroxylation is 1. The van der Waals surface area contributed by atoms with Gasteiger partial charge < -0.3 is 14.8 Å². The summed E-state index contributed by atoms with van der Waals surface area (Å²) in [6, 6.07) is 12.6. The van der Waals surface area contributed by atoms with E-state index in [1.807, 2.05) is 31.2 Å². The highest BCUT2D eigenvalue weighted by molar-refractivity contribution is 5.56. The van der Waals surface area contributed by atoms with Gasteiger partial charge in [-0.2, -0.15) is 0 Å². The third-order valence-electron chi connectivity index (χ3n) is 3.15. The van der Waals surface area contributed by atoms with Crippen LogP contribution in [0.25, 0.3) is 0 Å². The Kier molecular flexibility index (Phi) is 2.97. The van der Waals surface area contributed by atoms with Crippen molar-refractivity contribution in [3.63, 3.8) is 0 Å². The normalized spacial score (nSPS) is 15.2. The zero-order valence-electron chi connectivity index (χ0n) is 10.8. The summed E-state index contributed by atoms with van der Waals surface area (Å²) in [5.41, 5.74) is 3.02. The number of benzene rings is 2. The Morgan fingerprint density at radius 1 is 1.05 bits per heavy atom. The predicted octanol–water partition coefficient (Wildman–Crippen LogP) is 3.93. The molecule has 0 spiro atoms. The molecule has 2 aromatic carbocycles. The lowest BCUT2D eigenvalue weighted by Crippen LogP contribution is -2.25. The number of fused-ring (bicyclic) bond motifs is 1. The highest BCUT2D eigenvalue weighted by atomic mass is 19.3. The van der Waals surface area contributed by atoms with E-state index in [9.17, 15) is 8.78 Å². The van der Waals surface area contributed by atoms with Gasteiger partial charge in [0.25, 0.3) is 0 Å². The molecular formula is C15H13F2NO2. The van der Waals surface area contributed by atoms with E-state index in [0.29, 0.717) is 12.2 Å². The van der Waals surface area contributed by atoms with E-state index in [4.69, 9.17) is 0 Å². The van der Waals surface area contributed by atoms with Gasteiger partial charge in [0.05, 0.1) is 0 Å². The number of alkyl halides is 2. The fraction of sp³-hybridized carbons (Fsp3) is 0.200. The van der Waals surface area contributed by atoms with E-state index >= 15 is 0 Å². The minimum Gasteiger partial charge on any atom is -0.395 e. The second kappa shape index (κ2) is 4.67. The third kappa shape index (κ3) is 2.52. The molecular weight excluding hydrogens is 264 g/mol. The van der Waals surface area contributed by atoms with Crippen LogP contribution in [0, 0.1) is 6.92 Å². The number of nitrogens with one attached hydrogen (secondary N) is 1. The number of rotatable bonds is 3. The van der Waals surface area contributed by atoms with Crippen molar-refractivity contribution in [2.75, 3.05) is 5.32 Å². The Bertz CT molecular complexity index is 644. The van der Waals surface area contributed by atoms with Crippen LogP contribution in [-0.4, -0.2) is 6.29 Å². The fourth-order valence-electron chi connectivity index (χ4n) is 2.06. The van der Waals surface area contributed by atoms with Gasteiger partial charge in [-0.1, -0.05) is 24.3 Å². The van der Waals surface area contributed by atoms with E-state index in [-0.39, 0.29) is 11.5 Å². The lowest BCUT2D eigenvalue weighted by molar-refractivity contribution is -0.286. The monoisotopic (exact) mass is 277 g/mol. The Hall–Kier alpha value is -2.30. The number of ether oxygens (including phenoxy) is 2. The van der Waals surface area contributed by atoms with Gasteiger partial charge in [-0.15, -0.1) is 8.78 Å². The number of hydrogen-bond acceptors (Lipinski definition) is 3. The molecule has 0 atom stereocenters. The Morgan fingerprint density at radius 2 is 1.80 bits per heavy atom. The summed E-state index contributed by atoms with van der Waals surface area (Å²) in [5.74, 6) is 0.0984. The molecule has 1 heterocycles. The summed E-state index contributed by atoms with van der Waals surface area (Å²) < 4.78 is 34.6. The van der Waals surface area contributed by atoms with Crippen molar-refractivity contribution < 1.29 is 18.3 Å². The quantitative estimate of drug-likeness (QED) is 0.922. The topological polar surface area (TPSA) is 30.5 Å². The van der Waals surface area contributed by atoms with E-state index in [0.717, 1.165) is 5.56 Å². The van der Waals surface area contributed by atoms with E-state index in [1.54, 1.807) is 6.07 Å². The molecule has 3 nitrogen and oxygen atoms in total. The van der Waals surface area contributed by atoms with Gasteiger partial charge in [0.2, 0.25) is 0 Å². The Balaban J connectivity index is 1.73. The molecule has 1 N–H and O–H groups in total. The van der Waals surface area contributed by atoms with Crippen molar-refractivity contribution in [2.45, 2.75) is 19.8 Å². The maximum atomic E-state index is 12.9. The van der Waals surface area contributed by atoms with Gasteiger partial charge in [0.1, 0.15) is 0 Å². The van der Waals surface area contributed by atoms with E-state index in [1.165, 1.54) is 17.7 Å². The van der Waals surface area contributed by atoms with Crippen LogP contribution in [-0.2, 0) is 6.54 Å². The molecule has 0 fully saturated rings. The molecule has 0 saturated heterocycles. The van der Waals surface area contributed by atoms with Crippen molar-refractivity contribution in [3.05, 3.63) is 53.6 Å². The number of anilines is 1. The first kappa shape index (κ1) is 12.7. The molecule has 1 aliphatic rings.